The average molecular weight is 2550 g/mol. The fraction of sp³-hybridized carbons (Fsp3) is 0.0702. The standard InChI is InChI=1S/C19H12N.2C18H14N3.C15H10N.3C12H9N4.C8H7N4.4Os/c1-2-6-14-10-18(11-15(14)7-3-1)19-12-16-8-4-5-9-17(16)13-20-19;2*1-11-14-7-3-4-8-15(14)21-18(11)17-12(2)16-13(10-20-17)6-5-9-19-16;1-2-6-12-10-14(11-13(12)7-3-1)15-8-4-5-9-16-15;3*1-8-14-12(16-15-8)11-10-5-3-2-4-9(10)6-7-13-11;1-6-10-8(12-11-6)7-4-2-3-5-9-7;;;;/h1-10,12-13H;2*3-10H,1-2H3;1-10H;3*2-7H,1H3;2-5H,1H3;;;;/q8*-1;4*+2. The van der Waals surface area contributed by atoms with E-state index in [4.69, 9.17) is 9.97 Å². The van der Waals surface area contributed by atoms with Gasteiger partial charge in [0.05, 0.1) is 45.2 Å². The molecule has 24 nitrogen and oxygen atoms in total. The van der Waals surface area contributed by atoms with Crippen LogP contribution in [0.25, 0.3) is 200 Å². The number of aryl methyl sites for hydroxylation is 8. The molecule has 0 spiro atoms. The van der Waals surface area contributed by atoms with Crippen LogP contribution in [0.5, 0.6) is 0 Å². The van der Waals surface area contributed by atoms with Gasteiger partial charge in [0.25, 0.3) is 0 Å². The van der Waals surface area contributed by atoms with E-state index in [1.54, 1.807) is 37.9 Å². The van der Waals surface area contributed by atoms with Gasteiger partial charge in [-0.25, -0.2) is 0 Å². The summed E-state index contributed by atoms with van der Waals surface area (Å²) in [5.74, 6) is 5.06. The SMILES string of the molecule is Cc1c(-c2ncc3cccnc3c2C)[n-]c2ccccc12.Cc1c(-c2ncc3cccnc3c2C)[n-]c2ccccc12.Cc1n[n-]c(-c2ccccn2)n1.Cc1n[n-]c(-c2nccc3ccccc23)n1.Cc1n[n-]c(-c2nccc3ccccc23)n1.Cc1n[n-]c(-c2nccc3ccccc23)n1.[Os+2].[Os+2].[Os+2].[Os+2].[c-]1c2cccccc-2cc1-c1cc2ccccc2cn1.[c-]1c2cccccc-2cc1-c1ccccn1. The zero-order valence-electron chi connectivity index (χ0n) is 77.8. The van der Waals surface area contributed by atoms with Gasteiger partial charge in [-0.3, -0.25) is 70.2 Å². The van der Waals surface area contributed by atoms with Crippen LogP contribution in [0.3, 0.4) is 0 Å². The van der Waals surface area contributed by atoms with E-state index in [1.165, 1.54) is 43.8 Å². The molecular formula is C114H84N24Os4. The monoisotopic (exact) mass is 2560 g/mol. The second-order valence-electron chi connectivity index (χ2n) is 32.2. The van der Waals surface area contributed by atoms with Crippen molar-refractivity contribution < 1.29 is 79.2 Å². The van der Waals surface area contributed by atoms with E-state index >= 15 is 0 Å². The van der Waals surface area contributed by atoms with Crippen LogP contribution in [0.15, 0.2) is 365 Å². The van der Waals surface area contributed by atoms with Crippen LogP contribution in [0.2, 0.25) is 0 Å². The van der Waals surface area contributed by atoms with E-state index in [0.29, 0.717) is 46.6 Å². The maximum Gasteiger partial charge on any atom is 2.00 e. The Morgan fingerprint density at radius 2 is 0.556 bits per heavy atom. The van der Waals surface area contributed by atoms with Crippen molar-refractivity contribution >= 4 is 86.7 Å². The Labute approximate surface area is 871 Å². The summed E-state index contributed by atoms with van der Waals surface area (Å²) < 4.78 is 0. The number of rotatable bonds is 8. The molecule has 0 radical (unpaired) electrons. The Morgan fingerprint density at radius 3 is 0.958 bits per heavy atom. The summed E-state index contributed by atoms with van der Waals surface area (Å²) in [6.45, 7) is 15.6. The van der Waals surface area contributed by atoms with Gasteiger partial charge < -0.3 is 50.3 Å². The second kappa shape index (κ2) is 47.1. The number of fused-ring (bicyclic) bond motifs is 10. The first-order valence-electron chi connectivity index (χ1n) is 44.6. The molecule has 0 unspecified atom stereocenters. The molecule has 4 aliphatic rings. The van der Waals surface area contributed by atoms with Crippen molar-refractivity contribution in [3.8, 4) is 114 Å². The quantitative estimate of drug-likeness (QED) is 0.128. The molecular weight excluding hydrogens is 2470 g/mol. The van der Waals surface area contributed by atoms with E-state index < -0.39 is 0 Å². The maximum atomic E-state index is 4.76. The minimum atomic E-state index is 0. The summed E-state index contributed by atoms with van der Waals surface area (Å²) in [7, 11) is 0. The van der Waals surface area contributed by atoms with Crippen LogP contribution >= 0.6 is 0 Å². The molecule has 16 aromatic heterocycles. The van der Waals surface area contributed by atoms with E-state index in [1.807, 2.05) is 282 Å². The average Bonchev–Trinajstić information content (AvgIpc) is 1.61. The number of hydrogen-bond donors (Lipinski definition) is 0. The molecule has 0 saturated carbocycles. The Bertz CT molecular complexity index is 8150. The molecule has 142 heavy (non-hydrogen) atoms. The molecule has 26 rings (SSSR count). The number of nitrogens with zero attached hydrogens (tertiary/aromatic N) is 24. The molecule has 0 atom stereocenters. The molecule has 4 aliphatic carbocycles. The van der Waals surface area contributed by atoms with Crippen molar-refractivity contribution in [1.82, 2.24) is 121 Å². The molecule has 0 saturated heterocycles. The molecule has 0 bridgehead atoms. The van der Waals surface area contributed by atoms with Crippen molar-refractivity contribution in [1.29, 1.82) is 0 Å². The van der Waals surface area contributed by atoms with E-state index in [2.05, 4.69) is 223 Å². The largest absolute Gasteiger partial charge is 2.00 e. The predicted octanol–water partition coefficient (Wildman–Crippen LogP) is 23.2. The van der Waals surface area contributed by atoms with E-state index in [0.717, 1.165) is 155 Å². The fourth-order valence-corrected chi connectivity index (χ4v) is 16.1. The number of hydrogen-bond acceptors (Lipinski definition) is 18. The second-order valence-corrected chi connectivity index (χ2v) is 32.2. The van der Waals surface area contributed by atoms with Crippen molar-refractivity contribution in [2.75, 3.05) is 0 Å². The molecule has 692 valence electrons. The number of aromatic nitrogens is 24. The predicted molar refractivity (Wildman–Crippen MR) is 544 cm³/mol. The summed E-state index contributed by atoms with van der Waals surface area (Å²) in [6, 6.07) is 108. The fourth-order valence-electron chi connectivity index (χ4n) is 16.1. The summed E-state index contributed by atoms with van der Waals surface area (Å²) in [6.07, 6.45) is 18.1. The summed E-state index contributed by atoms with van der Waals surface area (Å²) in [5.41, 5.74) is 24.2. The van der Waals surface area contributed by atoms with Gasteiger partial charge in [-0.05, 0) is 188 Å². The van der Waals surface area contributed by atoms with Crippen molar-refractivity contribution in [3.63, 3.8) is 0 Å². The zero-order chi connectivity index (χ0) is 94.2. The molecule has 6 aromatic carbocycles. The Morgan fingerprint density at radius 1 is 0.218 bits per heavy atom. The Hall–Kier alpha value is -16.0. The number of para-hydroxylation sites is 2. The minimum absolute atomic E-state index is 0. The third-order valence-electron chi connectivity index (χ3n) is 22.9. The Kier molecular flexibility index (Phi) is 33.3. The zero-order valence-corrected chi connectivity index (χ0v) is 87.9. The van der Waals surface area contributed by atoms with Crippen molar-refractivity contribution in [2.45, 2.75) is 55.4 Å². The topological polar surface area (TPSA) is 317 Å². The van der Waals surface area contributed by atoms with Gasteiger partial charge in [-0.2, -0.15) is 0 Å². The van der Waals surface area contributed by atoms with Crippen LogP contribution < -0.4 is 30.4 Å². The maximum absolute atomic E-state index is 4.76. The molecule has 0 fully saturated rings. The van der Waals surface area contributed by atoms with Crippen molar-refractivity contribution in [2.24, 2.45) is 0 Å². The molecule has 28 heteroatoms. The number of pyridine rings is 10. The molecule has 0 aliphatic heterocycles. The van der Waals surface area contributed by atoms with Gasteiger partial charge >= 0.3 is 79.2 Å². The normalized spacial score (nSPS) is 10.6. The summed E-state index contributed by atoms with van der Waals surface area (Å²) >= 11 is 0. The van der Waals surface area contributed by atoms with Gasteiger partial charge in [0, 0.05) is 124 Å². The minimum Gasteiger partial charge on any atom is -0.655 e. The van der Waals surface area contributed by atoms with E-state index in [-0.39, 0.29) is 79.2 Å². The molecule has 0 amide bonds. The molecule has 16 heterocycles. The van der Waals surface area contributed by atoms with Crippen LogP contribution in [0.1, 0.15) is 45.6 Å². The van der Waals surface area contributed by atoms with Gasteiger partial charge in [-0.15, -0.1) is 92.2 Å². The molecule has 22 aromatic rings. The van der Waals surface area contributed by atoms with Gasteiger partial charge in [-0.1, -0.05) is 230 Å². The van der Waals surface area contributed by atoms with Gasteiger partial charge in [0.15, 0.2) is 0 Å². The van der Waals surface area contributed by atoms with Gasteiger partial charge in [0.2, 0.25) is 0 Å². The van der Waals surface area contributed by atoms with E-state index in [9.17, 15) is 0 Å². The third-order valence-corrected chi connectivity index (χ3v) is 22.9. The van der Waals surface area contributed by atoms with Crippen LogP contribution in [0, 0.1) is 67.5 Å². The summed E-state index contributed by atoms with van der Waals surface area (Å²) in [5, 5.41) is 44.8. The molecule has 0 N–H and O–H groups in total. The van der Waals surface area contributed by atoms with Crippen LogP contribution in [0.4, 0.5) is 0 Å². The van der Waals surface area contributed by atoms with Crippen molar-refractivity contribution in [3.05, 3.63) is 423 Å². The van der Waals surface area contributed by atoms with Gasteiger partial charge in [0.1, 0.15) is 0 Å². The smallest absolute Gasteiger partial charge is 0.655 e. The first kappa shape index (κ1) is 100. The van der Waals surface area contributed by atoms with Crippen LogP contribution in [-0.2, 0) is 79.2 Å². The van der Waals surface area contributed by atoms with Crippen LogP contribution in [-0.4, -0.2) is 90.2 Å². The summed E-state index contributed by atoms with van der Waals surface area (Å²) in [4.78, 5) is 70.5. The first-order valence-corrected chi connectivity index (χ1v) is 44.6. The third kappa shape index (κ3) is 23.1. The number of benzene rings is 6. The Balaban J connectivity index is 0.000000123. The first-order chi connectivity index (χ1) is 67.7.